The third-order valence-corrected chi connectivity index (χ3v) is 3.90. The van der Waals surface area contributed by atoms with Crippen LogP contribution in [0, 0.1) is 13.8 Å². The first kappa shape index (κ1) is 14.6. The van der Waals surface area contributed by atoms with E-state index in [9.17, 15) is 9.59 Å². The number of aryl methyl sites for hydroxylation is 1. The van der Waals surface area contributed by atoms with Crippen molar-refractivity contribution in [3.63, 3.8) is 0 Å². The summed E-state index contributed by atoms with van der Waals surface area (Å²) >= 11 is 0. The number of hydrogen-bond acceptors (Lipinski definition) is 2. The maximum Gasteiger partial charge on any atom is 0.233 e. The summed E-state index contributed by atoms with van der Waals surface area (Å²) in [6, 6.07) is 5.78. The molecule has 0 unspecified atom stereocenters. The lowest BCUT2D eigenvalue weighted by molar-refractivity contribution is -0.135. The molecule has 1 heterocycles. The van der Waals surface area contributed by atoms with Crippen LogP contribution in [0.4, 0.5) is 5.69 Å². The fourth-order valence-corrected chi connectivity index (χ4v) is 2.47. The molecular formula is C16H22N2O2. The van der Waals surface area contributed by atoms with E-state index in [-0.39, 0.29) is 18.2 Å². The molecule has 1 aromatic rings. The van der Waals surface area contributed by atoms with Gasteiger partial charge in [-0.1, -0.05) is 12.1 Å². The average Bonchev–Trinajstić information content (AvgIpc) is 2.45. The minimum Gasteiger partial charge on any atom is -0.342 e. The van der Waals surface area contributed by atoms with E-state index >= 15 is 0 Å². The van der Waals surface area contributed by atoms with Crippen molar-refractivity contribution in [2.45, 2.75) is 39.5 Å². The molecule has 0 radical (unpaired) electrons. The largest absolute Gasteiger partial charge is 0.342 e. The summed E-state index contributed by atoms with van der Waals surface area (Å²) in [5.74, 6) is -0.290. The third kappa shape index (κ3) is 3.59. The molecule has 1 fully saturated rings. The zero-order valence-electron chi connectivity index (χ0n) is 12.2. The van der Waals surface area contributed by atoms with Crippen LogP contribution in [-0.2, 0) is 9.59 Å². The number of anilines is 1. The molecule has 1 aromatic carbocycles. The van der Waals surface area contributed by atoms with Crippen LogP contribution in [0.1, 0.15) is 36.8 Å². The minimum atomic E-state index is -0.228. The molecule has 0 atom stereocenters. The van der Waals surface area contributed by atoms with Crippen LogP contribution in [0.2, 0.25) is 0 Å². The summed E-state index contributed by atoms with van der Waals surface area (Å²) in [6.07, 6.45) is 3.21. The lowest BCUT2D eigenvalue weighted by Crippen LogP contribution is -2.37. The Morgan fingerprint density at radius 2 is 1.85 bits per heavy atom. The van der Waals surface area contributed by atoms with E-state index in [0.29, 0.717) is 0 Å². The van der Waals surface area contributed by atoms with E-state index in [2.05, 4.69) is 5.32 Å². The van der Waals surface area contributed by atoms with E-state index in [4.69, 9.17) is 0 Å². The first-order chi connectivity index (χ1) is 9.58. The quantitative estimate of drug-likeness (QED) is 0.861. The van der Waals surface area contributed by atoms with E-state index in [1.165, 1.54) is 6.42 Å². The molecule has 4 nitrogen and oxygen atoms in total. The Kier molecular flexibility index (Phi) is 4.77. The van der Waals surface area contributed by atoms with Gasteiger partial charge in [-0.3, -0.25) is 9.59 Å². The summed E-state index contributed by atoms with van der Waals surface area (Å²) in [5.41, 5.74) is 2.97. The number of rotatable bonds is 3. The van der Waals surface area contributed by atoms with Gasteiger partial charge >= 0.3 is 0 Å². The second-order valence-electron chi connectivity index (χ2n) is 5.41. The van der Waals surface area contributed by atoms with Crippen molar-refractivity contribution >= 4 is 17.5 Å². The number of carbonyl (C=O) groups is 2. The van der Waals surface area contributed by atoms with Crippen LogP contribution in [0.25, 0.3) is 0 Å². The molecule has 0 spiro atoms. The predicted molar refractivity (Wildman–Crippen MR) is 79.6 cm³/mol. The van der Waals surface area contributed by atoms with Crippen LogP contribution in [0.3, 0.4) is 0 Å². The van der Waals surface area contributed by atoms with E-state index in [0.717, 1.165) is 42.7 Å². The van der Waals surface area contributed by atoms with Gasteiger partial charge in [0.25, 0.3) is 0 Å². The number of likely N-dealkylation sites (tertiary alicyclic amines) is 1. The Morgan fingerprint density at radius 3 is 2.55 bits per heavy atom. The minimum absolute atomic E-state index is 0.0621. The van der Waals surface area contributed by atoms with E-state index in [1.807, 2.05) is 32.0 Å². The standard InChI is InChI=1S/C16H22N2O2/c1-12-7-6-8-14(13(12)2)17-15(19)11-16(20)18-9-4-3-5-10-18/h6-8H,3-5,9-11H2,1-2H3,(H,17,19). The second-order valence-corrected chi connectivity index (χ2v) is 5.41. The van der Waals surface area contributed by atoms with Crippen LogP contribution in [0.5, 0.6) is 0 Å². The molecular weight excluding hydrogens is 252 g/mol. The van der Waals surface area contributed by atoms with Gasteiger partial charge in [-0.15, -0.1) is 0 Å². The van der Waals surface area contributed by atoms with Crippen LogP contribution in [-0.4, -0.2) is 29.8 Å². The Bertz CT molecular complexity index is 505. The molecule has 0 bridgehead atoms. The smallest absolute Gasteiger partial charge is 0.233 e. The summed E-state index contributed by atoms with van der Waals surface area (Å²) in [6.45, 7) is 5.55. The molecule has 1 saturated heterocycles. The molecule has 0 aromatic heterocycles. The van der Waals surface area contributed by atoms with Crippen LogP contribution < -0.4 is 5.32 Å². The molecule has 1 aliphatic heterocycles. The van der Waals surface area contributed by atoms with Gasteiger partial charge in [-0.05, 0) is 50.3 Å². The van der Waals surface area contributed by atoms with E-state index in [1.54, 1.807) is 4.90 Å². The summed E-state index contributed by atoms with van der Waals surface area (Å²) in [7, 11) is 0. The van der Waals surface area contributed by atoms with Gasteiger partial charge in [0.2, 0.25) is 11.8 Å². The van der Waals surface area contributed by atoms with Gasteiger partial charge in [0, 0.05) is 18.8 Å². The number of nitrogens with one attached hydrogen (secondary N) is 1. The lowest BCUT2D eigenvalue weighted by atomic mass is 10.1. The monoisotopic (exact) mass is 274 g/mol. The Balaban J connectivity index is 1.91. The zero-order chi connectivity index (χ0) is 14.5. The Morgan fingerprint density at radius 1 is 1.15 bits per heavy atom. The molecule has 0 aliphatic carbocycles. The third-order valence-electron chi connectivity index (χ3n) is 3.90. The predicted octanol–water partition coefficient (Wildman–Crippen LogP) is 2.64. The Hall–Kier alpha value is -1.84. The van der Waals surface area contributed by atoms with E-state index < -0.39 is 0 Å². The topological polar surface area (TPSA) is 49.4 Å². The highest BCUT2D eigenvalue weighted by atomic mass is 16.2. The Labute approximate surface area is 120 Å². The molecule has 4 heteroatoms. The maximum absolute atomic E-state index is 12.0. The highest BCUT2D eigenvalue weighted by Crippen LogP contribution is 2.18. The first-order valence-corrected chi connectivity index (χ1v) is 7.22. The highest BCUT2D eigenvalue weighted by molar-refractivity contribution is 6.03. The molecule has 2 amide bonds. The van der Waals surface area contributed by atoms with Crippen molar-refractivity contribution in [1.82, 2.24) is 4.90 Å². The maximum atomic E-state index is 12.0. The van der Waals surface area contributed by atoms with Gasteiger partial charge in [-0.2, -0.15) is 0 Å². The average molecular weight is 274 g/mol. The number of nitrogens with zero attached hydrogens (tertiary/aromatic N) is 1. The zero-order valence-corrected chi connectivity index (χ0v) is 12.2. The van der Waals surface area contributed by atoms with Crippen molar-refractivity contribution in [2.24, 2.45) is 0 Å². The molecule has 1 N–H and O–H groups in total. The number of piperidine rings is 1. The lowest BCUT2D eigenvalue weighted by Gasteiger charge is -2.26. The van der Waals surface area contributed by atoms with Crippen molar-refractivity contribution in [2.75, 3.05) is 18.4 Å². The number of hydrogen-bond donors (Lipinski definition) is 1. The summed E-state index contributed by atoms with van der Waals surface area (Å²) < 4.78 is 0. The highest BCUT2D eigenvalue weighted by Gasteiger charge is 2.19. The van der Waals surface area contributed by atoms with Crippen molar-refractivity contribution in [3.8, 4) is 0 Å². The van der Waals surface area contributed by atoms with Crippen molar-refractivity contribution in [3.05, 3.63) is 29.3 Å². The summed E-state index contributed by atoms with van der Waals surface area (Å²) in [4.78, 5) is 25.8. The van der Waals surface area contributed by atoms with Crippen LogP contribution in [0.15, 0.2) is 18.2 Å². The van der Waals surface area contributed by atoms with Gasteiger partial charge in [-0.25, -0.2) is 0 Å². The SMILES string of the molecule is Cc1cccc(NC(=O)CC(=O)N2CCCCC2)c1C. The molecule has 0 saturated carbocycles. The van der Waals surface area contributed by atoms with Gasteiger partial charge < -0.3 is 10.2 Å². The molecule has 1 aliphatic rings. The van der Waals surface area contributed by atoms with Gasteiger partial charge in [0.15, 0.2) is 0 Å². The number of carbonyl (C=O) groups excluding carboxylic acids is 2. The van der Waals surface area contributed by atoms with Gasteiger partial charge in [0.05, 0.1) is 0 Å². The van der Waals surface area contributed by atoms with Gasteiger partial charge in [0.1, 0.15) is 6.42 Å². The second kappa shape index (κ2) is 6.55. The molecule has 108 valence electrons. The normalized spacial score (nSPS) is 15.0. The summed E-state index contributed by atoms with van der Waals surface area (Å²) in [5, 5.41) is 2.83. The first-order valence-electron chi connectivity index (χ1n) is 7.22. The number of benzene rings is 1. The fraction of sp³-hybridized carbons (Fsp3) is 0.500. The molecule has 20 heavy (non-hydrogen) atoms. The van der Waals surface area contributed by atoms with Crippen LogP contribution >= 0.6 is 0 Å². The fourth-order valence-electron chi connectivity index (χ4n) is 2.47. The number of amides is 2. The van der Waals surface area contributed by atoms with Crippen molar-refractivity contribution < 1.29 is 9.59 Å². The van der Waals surface area contributed by atoms with Crippen molar-refractivity contribution in [1.29, 1.82) is 0 Å². The molecule has 2 rings (SSSR count).